The Labute approximate surface area is 172 Å². The SMILES string of the molecule is CN(C)c1nc(Cl)c(-c2nc3ccccc3o2)c(N[C@@H]2C[C@H](CO)[C@@H](O)[C@H]2O)n1. The lowest BCUT2D eigenvalue weighted by atomic mass is 10.1. The maximum atomic E-state index is 10.4. The van der Waals surface area contributed by atoms with E-state index in [2.05, 4.69) is 20.3 Å². The Balaban J connectivity index is 1.79. The van der Waals surface area contributed by atoms with E-state index in [0.29, 0.717) is 34.9 Å². The molecule has 1 aromatic carbocycles. The molecule has 1 saturated carbocycles. The minimum absolute atomic E-state index is 0.143. The zero-order valence-electron chi connectivity index (χ0n) is 15.9. The van der Waals surface area contributed by atoms with Gasteiger partial charge >= 0.3 is 0 Å². The van der Waals surface area contributed by atoms with Gasteiger partial charge in [-0.25, -0.2) is 4.98 Å². The molecule has 154 valence electrons. The second-order valence-electron chi connectivity index (χ2n) is 7.33. The number of nitrogens with zero attached hydrogens (tertiary/aromatic N) is 4. The zero-order valence-corrected chi connectivity index (χ0v) is 16.7. The van der Waals surface area contributed by atoms with Gasteiger partial charge in [0.2, 0.25) is 11.8 Å². The fourth-order valence-corrected chi connectivity index (χ4v) is 3.77. The molecule has 0 bridgehead atoms. The number of hydrogen-bond donors (Lipinski definition) is 4. The van der Waals surface area contributed by atoms with Crippen LogP contribution in [-0.2, 0) is 0 Å². The van der Waals surface area contributed by atoms with Gasteiger partial charge in [0, 0.05) is 26.6 Å². The summed E-state index contributed by atoms with van der Waals surface area (Å²) in [6.07, 6.45) is -1.74. The lowest BCUT2D eigenvalue weighted by molar-refractivity contribution is 0.00446. The number of nitrogens with one attached hydrogen (secondary N) is 1. The topological polar surface area (TPSA) is 128 Å². The van der Waals surface area contributed by atoms with Crippen LogP contribution in [0.5, 0.6) is 0 Å². The minimum Gasteiger partial charge on any atom is -0.436 e. The van der Waals surface area contributed by atoms with E-state index in [4.69, 9.17) is 16.0 Å². The summed E-state index contributed by atoms with van der Waals surface area (Å²) in [5, 5.41) is 33.3. The van der Waals surface area contributed by atoms with E-state index in [-0.39, 0.29) is 17.7 Å². The monoisotopic (exact) mass is 419 g/mol. The Hall–Kier alpha value is -2.46. The molecule has 0 spiro atoms. The quantitative estimate of drug-likeness (QED) is 0.455. The maximum Gasteiger partial charge on any atom is 0.234 e. The Morgan fingerprint density at radius 3 is 2.59 bits per heavy atom. The predicted octanol–water partition coefficient (Wildman–Crippen LogP) is 1.52. The average Bonchev–Trinajstić information content (AvgIpc) is 3.23. The first-order valence-electron chi connectivity index (χ1n) is 9.23. The van der Waals surface area contributed by atoms with E-state index in [1.54, 1.807) is 25.1 Å². The highest BCUT2D eigenvalue weighted by Crippen LogP contribution is 2.37. The first kappa shape index (κ1) is 19.8. The van der Waals surface area contributed by atoms with Crippen LogP contribution in [0.2, 0.25) is 5.15 Å². The van der Waals surface area contributed by atoms with Crippen LogP contribution in [-0.4, -0.2) is 69.2 Å². The predicted molar refractivity (Wildman–Crippen MR) is 109 cm³/mol. The number of aromatic nitrogens is 3. The lowest BCUT2D eigenvalue weighted by Crippen LogP contribution is -2.35. The molecule has 9 nitrogen and oxygen atoms in total. The van der Waals surface area contributed by atoms with Crippen molar-refractivity contribution in [2.24, 2.45) is 5.92 Å². The molecule has 4 N–H and O–H groups in total. The molecule has 1 aliphatic rings. The van der Waals surface area contributed by atoms with Crippen molar-refractivity contribution in [3.05, 3.63) is 29.4 Å². The van der Waals surface area contributed by atoms with Gasteiger partial charge in [0.25, 0.3) is 0 Å². The van der Waals surface area contributed by atoms with Crippen LogP contribution in [0.1, 0.15) is 6.42 Å². The van der Waals surface area contributed by atoms with Crippen molar-refractivity contribution >= 4 is 34.5 Å². The standard InChI is InChI=1S/C19H22ClN5O4/c1-25(2)19-23-16(20)13(18-22-10-5-3-4-6-12(10)29-18)17(24-19)21-11-7-9(8-26)14(27)15(11)28/h3-6,9,11,14-15,26-28H,7-8H2,1-2H3,(H,21,23,24)/t9-,11-,14-,15+/m1/s1. The number of benzene rings is 1. The van der Waals surface area contributed by atoms with Crippen LogP contribution >= 0.6 is 11.6 Å². The summed E-state index contributed by atoms with van der Waals surface area (Å²) < 4.78 is 5.85. The second-order valence-corrected chi connectivity index (χ2v) is 7.69. The van der Waals surface area contributed by atoms with E-state index in [9.17, 15) is 15.3 Å². The summed E-state index contributed by atoms with van der Waals surface area (Å²) in [7, 11) is 3.56. The molecule has 1 aliphatic carbocycles. The highest BCUT2D eigenvalue weighted by molar-refractivity contribution is 6.32. The molecule has 0 radical (unpaired) electrons. The van der Waals surface area contributed by atoms with Crippen LogP contribution in [0.3, 0.4) is 0 Å². The summed E-state index contributed by atoms with van der Waals surface area (Å²) in [5.41, 5.74) is 1.62. The Bertz CT molecular complexity index is 994. The van der Waals surface area contributed by atoms with Gasteiger partial charge in [-0.1, -0.05) is 23.7 Å². The largest absolute Gasteiger partial charge is 0.436 e. The smallest absolute Gasteiger partial charge is 0.234 e. The van der Waals surface area contributed by atoms with E-state index in [1.807, 2.05) is 18.2 Å². The number of oxazole rings is 1. The van der Waals surface area contributed by atoms with E-state index in [1.165, 1.54) is 0 Å². The van der Waals surface area contributed by atoms with Gasteiger partial charge in [-0.3, -0.25) is 0 Å². The number of aliphatic hydroxyl groups excluding tert-OH is 3. The molecular formula is C19H22ClN5O4. The molecule has 29 heavy (non-hydrogen) atoms. The van der Waals surface area contributed by atoms with Gasteiger partial charge in [0.1, 0.15) is 28.2 Å². The molecule has 0 amide bonds. The summed E-state index contributed by atoms with van der Waals surface area (Å²) >= 11 is 6.48. The Morgan fingerprint density at radius 1 is 1.17 bits per heavy atom. The number of hydrogen-bond acceptors (Lipinski definition) is 9. The number of aliphatic hydroxyl groups is 3. The molecule has 0 aliphatic heterocycles. The number of halogens is 1. The number of fused-ring (bicyclic) bond motifs is 1. The fraction of sp³-hybridized carbons (Fsp3) is 0.421. The molecule has 1 fully saturated rings. The van der Waals surface area contributed by atoms with Gasteiger partial charge < -0.3 is 30.0 Å². The third-order valence-electron chi connectivity index (χ3n) is 5.12. The minimum atomic E-state index is -1.07. The third kappa shape index (κ3) is 3.62. The molecular weight excluding hydrogens is 398 g/mol. The molecule has 10 heteroatoms. The van der Waals surface area contributed by atoms with Gasteiger partial charge in [-0.2, -0.15) is 9.97 Å². The normalized spacial score (nSPS) is 24.2. The molecule has 4 atom stereocenters. The van der Waals surface area contributed by atoms with Gasteiger partial charge in [-0.05, 0) is 18.6 Å². The number of anilines is 2. The Kier molecular flexibility index (Phi) is 5.30. The first-order chi connectivity index (χ1) is 13.9. The molecule has 3 aromatic rings. The van der Waals surface area contributed by atoms with Gasteiger partial charge in [0.05, 0.1) is 12.1 Å². The summed E-state index contributed by atoms with van der Waals surface area (Å²) in [5.74, 6) is 0.510. The number of rotatable bonds is 5. The molecule has 2 heterocycles. The summed E-state index contributed by atoms with van der Waals surface area (Å²) in [6, 6.07) is 6.78. The van der Waals surface area contributed by atoms with E-state index < -0.39 is 24.2 Å². The number of para-hydroxylation sites is 2. The van der Waals surface area contributed by atoms with Crippen LogP contribution in [0.4, 0.5) is 11.8 Å². The maximum absolute atomic E-state index is 10.4. The van der Waals surface area contributed by atoms with Crippen molar-refractivity contribution in [1.82, 2.24) is 15.0 Å². The van der Waals surface area contributed by atoms with Crippen molar-refractivity contribution in [2.75, 3.05) is 30.9 Å². The first-order valence-corrected chi connectivity index (χ1v) is 9.61. The van der Waals surface area contributed by atoms with Crippen molar-refractivity contribution in [2.45, 2.75) is 24.7 Å². The summed E-state index contributed by atoms with van der Waals surface area (Å²) in [4.78, 5) is 15.0. The van der Waals surface area contributed by atoms with Crippen LogP contribution < -0.4 is 10.2 Å². The molecule has 4 rings (SSSR count). The van der Waals surface area contributed by atoms with Crippen LogP contribution in [0.15, 0.2) is 28.7 Å². The molecule has 0 unspecified atom stereocenters. The van der Waals surface area contributed by atoms with Crippen molar-refractivity contribution in [1.29, 1.82) is 0 Å². The highest BCUT2D eigenvalue weighted by atomic mass is 35.5. The second kappa shape index (κ2) is 7.75. The van der Waals surface area contributed by atoms with Crippen LogP contribution in [0.25, 0.3) is 22.6 Å². The lowest BCUT2D eigenvalue weighted by Gasteiger charge is -2.21. The zero-order chi connectivity index (χ0) is 20.7. The van der Waals surface area contributed by atoms with Crippen molar-refractivity contribution in [3.8, 4) is 11.5 Å². The fourth-order valence-electron chi connectivity index (χ4n) is 3.52. The van der Waals surface area contributed by atoms with E-state index >= 15 is 0 Å². The van der Waals surface area contributed by atoms with E-state index in [0.717, 1.165) is 0 Å². The Morgan fingerprint density at radius 2 is 1.93 bits per heavy atom. The molecule has 2 aromatic heterocycles. The third-order valence-corrected chi connectivity index (χ3v) is 5.39. The van der Waals surface area contributed by atoms with Crippen molar-refractivity contribution in [3.63, 3.8) is 0 Å². The van der Waals surface area contributed by atoms with Gasteiger partial charge in [-0.15, -0.1) is 0 Å². The average molecular weight is 420 g/mol. The van der Waals surface area contributed by atoms with Crippen molar-refractivity contribution < 1.29 is 19.7 Å². The highest BCUT2D eigenvalue weighted by Gasteiger charge is 2.41. The summed E-state index contributed by atoms with van der Waals surface area (Å²) in [6.45, 7) is -0.220. The van der Waals surface area contributed by atoms with Gasteiger partial charge in [0.15, 0.2) is 5.58 Å². The van der Waals surface area contributed by atoms with Crippen LogP contribution in [0, 0.1) is 5.92 Å². The molecule has 0 saturated heterocycles.